The van der Waals surface area contributed by atoms with E-state index in [-0.39, 0.29) is 11.7 Å². The fourth-order valence-corrected chi connectivity index (χ4v) is 1.93. The Bertz CT molecular complexity index is 392. The van der Waals surface area contributed by atoms with Gasteiger partial charge in [0, 0.05) is 12.1 Å². The SMILES string of the molecule is CCC1CNC(c2ccccc2C(F)(F)F)O1. The van der Waals surface area contributed by atoms with Crippen LogP contribution < -0.4 is 5.32 Å². The summed E-state index contributed by atoms with van der Waals surface area (Å²) in [4.78, 5) is 0. The molecule has 2 rings (SSSR count). The number of rotatable bonds is 2. The Morgan fingerprint density at radius 3 is 2.65 bits per heavy atom. The highest BCUT2D eigenvalue weighted by molar-refractivity contribution is 5.31. The minimum atomic E-state index is -4.34. The number of nitrogens with one attached hydrogen (secondary N) is 1. The Hall–Kier alpha value is -1.07. The molecular formula is C12H14F3NO. The minimum absolute atomic E-state index is 0.0127. The molecule has 0 amide bonds. The van der Waals surface area contributed by atoms with E-state index in [2.05, 4.69) is 5.32 Å². The van der Waals surface area contributed by atoms with Gasteiger partial charge in [-0.25, -0.2) is 0 Å². The van der Waals surface area contributed by atoms with Crippen molar-refractivity contribution in [2.75, 3.05) is 6.54 Å². The van der Waals surface area contributed by atoms with Crippen LogP contribution in [0.1, 0.15) is 30.7 Å². The smallest absolute Gasteiger partial charge is 0.355 e. The van der Waals surface area contributed by atoms with Gasteiger partial charge < -0.3 is 4.74 Å². The van der Waals surface area contributed by atoms with Crippen molar-refractivity contribution in [3.05, 3.63) is 35.4 Å². The Balaban J connectivity index is 2.27. The molecule has 2 atom stereocenters. The maximum Gasteiger partial charge on any atom is 0.416 e. The molecule has 0 radical (unpaired) electrons. The second-order valence-electron chi connectivity index (χ2n) is 4.04. The van der Waals surface area contributed by atoms with Gasteiger partial charge >= 0.3 is 6.18 Å². The van der Waals surface area contributed by atoms with Gasteiger partial charge in [-0.05, 0) is 12.5 Å². The van der Waals surface area contributed by atoms with Crippen LogP contribution in [0.25, 0.3) is 0 Å². The summed E-state index contributed by atoms with van der Waals surface area (Å²) in [5.41, 5.74) is -0.467. The predicted molar refractivity (Wildman–Crippen MR) is 57.4 cm³/mol. The van der Waals surface area contributed by atoms with Gasteiger partial charge in [0.25, 0.3) is 0 Å². The monoisotopic (exact) mass is 245 g/mol. The highest BCUT2D eigenvalue weighted by Crippen LogP contribution is 2.36. The van der Waals surface area contributed by atoms with Crippen molar-refractivity contribution < 1.29 is 17.9 Å². The van der Waals surface area contributed by atoms with Gasteiger partial charge in [0.1, 0.15) is 6.23 Å². The van der Waals surface area contributed by atoms with Gasteiger partial charge in [-0.3, -0.25) is 5.32 Å². The van der Waals surface area contributed by atoms with E-state index in [1.165, 1.54) is 12.1 Å². The molecule has 17 heavy (non-hydrogen) atoms. The van der Waals surface area contributed by atoms with Crippen molar-refractivity contribution >= 4 is 0 Å². The van der Waals surface area contributed by atoms with Crippen LogP contribution in [0.5, 0.6) is 0 Å². The molecular weight excluding hydrogens is 231 g/mol. The molecule has 0 spiro atoms. The van der Waals surface area contributed by atoms with Crippen LogP contribution in [0.2, 0.25) is 0 Å². The van der Waals surface area contributed by atoms with E-state index in [9.17, 15) is 13.2 Å². The molecule has 0 aromatic heterocycles. The molecule has 0 aliphatic carbocycles. The fraction of sp³-hybridized carbons (Fsp3) is 0.500. The van der Waals surface area contributed by atoms with Crippen LogP contribution in [0.3, 0.4) is 0 Å². The molecule has 1 heterocycles. The lowest BCUT2D eigenvalue weighted by Gasteiger charge is -2.18. The third-order valence-electron chi connectivity index (χ3n) is 2.86. The van der Waals surface area contributed by atoms with Crippen molar-refractivity contribution in [2.24, 2.45) is 0 Å². The van der Waals surface area contributed by atoms with E-state index in [0.717, 1.165) is 12.5 Å². The second-order valence-corrected chi connectivity index (χ2v) is 4.04. The lowest BCUT2D eigenvalue weighted by molar-refractivity contribution is -0.139. The summed E-state index contributed by atoms with van der Waals surface area (Å²) < 4.78 is 43.9. The van der Waals surface area contributed by atoms with Crippen LogP contribution in [0.15, 0.2) is 24.3 Å². The summed E-state index contributed by atoms with van der Waals surface area (Å²) in [7, 11) is 0. The second kappa shape index (κ2) is 4.66. The zero-order valence-electron chi connectivity index (χ0n) is 9.42. The minimum Gasteiger partial charge on any atom is -0.355 e. The summed E-state index contributed by atoms with van der Waals surface area (Å²) in [5, 5.41) is 2.96. The topological polar surface area (TPSA) is 21.3 Å². The Labute approximate surface area is 97.8 Å². The molecule has 2 unspecified atom stereocenters. The number of halogens is 3. The van der Waals surface area contributed by atoms with Gasteiger partial charge in [0.2, 0.25) is 0 Å². The molecule has 1 saturated heterocycles. The molecule has 1 aromatic rings. The number of ether oxygens (including phenoxy) is 1. The average Bonchev–Trinajstić information content (AvgIpc) is 2.76. The van der Waals surface area contributed by atoms with Crippen LogP contribution >= 0.6 is 0 Å². The molecule has 1 fully saturated rings. The van der Waals surface area contributed by atoms with Crippen LogP contribution in [0.4, 0.5) is 13.2 Å². The van der Waals surface area contributed by atoms with Crippen LogP contribution in [-0.2, 0) is 10.9 Å². The standard InChI is InChI=1S/C12H14F3NO/c1-2-8-7-16-11(17-8)9-5-3-4-6-10(9)12(13,14)15/h3-6,8,11,16H,2,7H2,1H3. The first kappa shape index (κ1) is 12.4. The van der Waals surface area contributed by atoms with Gasteiger partial charge in [0.05, 0.1) is 11.7 Å². The normalized spacial score (nSPS) is 25.2. The summed E-state index contributed by atoms with van der Waals surface area (Å²) in [5.74, 6) is 0. The van der Waals surface area contributed by atoms with Crippen molar-refractivity contribution in [2.45, 2.75) is 31.9 Å². The van der Waals surface area contributed by atoms with Gasteiger partial charge in [0.15, 0.2) is 0 Å². The van der Waals surface area contributed by atoms with E-state index in [4.69, 9.17) is 4.74 Å². The maximum atomic E-state index is 12.8. The van der Waals surface area contributed by atoms with Crippen LogP contribution in [-0.4, -0.2) is 12.6 Å². The molecule has 1 aliphatic rings. The van der Waals surface area contributed by atoms with Crippen molar-refractivity contribution in [1.82, 2.24) is 5.32 Å². The molecule has 0 bridgehead atoms. The van der Waals surface area contributed by atoms with E-state index in [0.29, 0.717) is 6.54 Å². The van der Waals surface area contributed by atoms with Gasteiger partial charge in [-0.2, -0.15) is 13.2 Å². The van der Waals surface area contributed by atoms with E-state index >= 15 is 0 Å². The van der Waals surface area contributed by atoms with E-state index in [1.807, 2.05) is 6.92 Å². The van der Waals surface area contributed by atoms with E-state index < -0.39 is 18.0 Å². The lowest BCUT2D eigenvalue weighted by Crippen LogP contribution is -2.19. The Morgan fingerprint density at radius 1 is 1.35 bits per heavy atom. The summed E-state index contributed by atoms with van der Waals surface area (Å²) in [6, 6.07) is 5.52. The quantitative estimate of drug-likeness (QED) is 0.864. The zero-order valence-corrected chi connectivity index (χ0v) is 9.42. The highest BCUT2D eigenvalue weighted by atomic mass is 19.4. The van der Waals surface area contributed by atoms with Crippen molar-refractivity contribution in [3.8, 4) is 0 Å². The van der Waals surface area contributed by atoms with Crippen molar-refractivity contribution in [1.29, 1.82) is 0 Å². The largest absolute Gasteiger partial charge is 0.416 e. The van der Waals surface area contributed by atoms with Gasteiger partial charge in [-0.1, -0.05) is 25.1 Å². The average molecular weight is 245 g/mol. The zero-order chi connectivity index (χ0) is 12.5. The Kier molecular flexibility index (Phi) is 3.40. The molecule has 2 nitrogen and oxygen atoms in total. The molecule has 0 saturated carbocycles. The summed E-state index contributed by atoms with van der Waals surface area (Å²) in [6.07, 6.45) is -4.22. The number of hydrogen-bond donors (Lipinski definition) is 1. The molecule has 5 heteroatoms. The summed E-state index contributed by atoms with van der Waals surface area (Å²) >= 11 is 0. The lowest BCUT2D eigenvalue weighted by atomic mass is 10.1. The van der Waals surface area contributed by atoms with Crippen LogP contribution in [0, 0.1) is 0 Å². The third-order valence-corrected chi connectivity index (χ3v) is 2.86. The molecule has 1 aliphatic heterocycles. The fourth-order valence-electron chi connectivity index (χ4n) is 1.93. The summed E-state index contributed by atoms with van der Waals surface area (Å²) in [6.45, 7) is 2.54. The van der Waals surface area contributed by atoms with E-state index in [1.54, 1.807) is 6.07 Å². The first-order chi connectivity index (χ1) is 8.02. The third kappa shape index (κ3) is 2.61. The first-order valence-corrected chi connectivity index (χ1v) is 5.57. The molecule has 1 aromatic carbocycles. The molecule has 1 N–H and O–H groups in total. The number of alkyl halides is 3. The highest BCUT2D eigenvalue weighted by Gasteiger charge is 2.37. The van der Waals surface area contributed by atoms with Gasteiger partial charge in [-0.15, -0.1) is 0 Å². The first-order valence-electron chi connectivity index (χ1n) is 5.57. The maximum absolute atomic E-state index is 12.8. The Morgan fingerprint density at radius 2 is 2.06 bits per heavy atom. The number of hydrogen-bond acceptors (Lipinski definition) is 2. The molecule has 94 valence electrons. The van der Waals surface area contributed by atoms with Crippen molar-refractivity contribution in [3.63, 3.8) is 0 Å². The number of benzene rings is 1. The predicted octanol–water partition coefficient (Wildman–Crippen LogP) is 3.10.